The standard InChI is InChI=1S/C46H31NOS/c1-3-12-30(13-4-1)31-22-24-35(25-23-31)47(41-20-11-19-38-37-18-9-10-21-44(37)49-46(38)41)36-28-39(32-14-5-2-6-15-32)45-40-26-33-16-7-8-17-34(33)27-42(40)48-43(45)29-36/h1-22,24,26-29H,23,25H2. The first kappa shape index (κ1) is 28.1. The van der Waals surface area contributed by atoms with Crippen LogP contribution in [0.15, 0.2) is 174 Å². The molecule has 0 bridgehead atoms. The van der Waals surface area contributed by atoms with Gasteiger partial charge in [-0.15, -0.1) is 11.3 Å². The molecule has 2 heterocycles. The van der Waals surface area contributed by atoms with Gasteiger partial charge in [-0.25, -0.2) is 0 Å². The Labute approximate surface area is 288 Å². The zero-order valence-electron chi connectivity index (χ0n) is 26.8. The summed E-state index contributed by atoms with van der Waals surface area (Å²) in [7, 11) is 0. The lowest BCUT2D eigenvalue weighted by atomic mass is 9.94. The first-order chi connectivity index (χ1) is 24.3. The van der Waals surface area contributed by atoms with Crippen molar-refractivity contribution < 1.29 is 4.42 Å². The third-order valence-electron chi connectivity index (χ3n) is 9.95. The largest absolute Gasteiger partial charge is 0.456 e. The maximum Gasteiger partial charge on any atom is 0.138 e. The van der Waals surface area contributed by atoms with Crippen LogP contribution in [0.1, 0.15) is 18.4 Å². The van der Waals surface area contributed by atoms with E-state index in [1.165, 1.54) is 64.6 Å². The van der Waals surface area contributed by atoms with Crippen molar-refractivity contribution in [2.24, 2.45) is 0 Å². The van der Waals surface area contributed by atoms with Gasteiger partial charge < -0.3 is 9.32 Å². The second kappa shape index (κ2) is 11.4. The number of hydrogen-bond acceptors (Lipinski definition) is 3. The Morgan fingerprint density at radius 1 is 0.531 bits per heavy atom. The van der Waals surface area contributed by atoms with Crippen LogP contribution in [-0.2, 0) is 0 Å². The zero-order valence-corrected chi connectivity index (χ0v) is 27.6. The lowest BCUT2D eigenvalue weighted by Gasteiger charge is -2.31. The molecule has 2 aromatic heterocycles. The van der Waals surface area contributed by atoms with Crippen LogP contribution in [0.4, 0.5) is 11.4 Å². The smallest absolute Gasteiger partial charge is 0.138 e. The monoisotopic (exact) mass is 645 g/mol. The summed E-state index contributed by atoms with van der Waals surface area (Å²) in [6.45, 7) is 0. The molecule has 0 aliphatic heterocycles. The molecule has 0 fully saturated rings. The first-order valence-electron chi connectivity index (χ1n) is 16.9. The SMILES string of the molecule is C1=C(c2ccccc2)CCC(N(c2cc(-c3ccccc3)c3c(c2)oc2cc4ccccc4cc23)c2cccc3c2sc2ccccc23)=C1. The molecule has 2 nitrogen and oxygen atoms in total. The zero-order chi connectivity index (χ0) is 32.3. The predicted octanol–water partition coefficient (Wildman–Crippen LogP) is 13.7. The average molecular weight is 646 g/mol. The van der Waals surface area contributed by atoms with Crippen LogP contribution in [0, 0.1) is 0 Å². The molecule has 0 saturated heterocycles. The highest BCUT2D eigenvalue weighted by Crippen LogP contribution is 2.48. The molecule has 3 heteroatoms. The molecular formula is C46H31NOS. The first-order valence-corrected chi connectivity index (χ1v) is 17.7. The van der Waals surface area contributed by atoms with Gasteiger partial charge in [0, 0.05) is 38.0 Å². The molecule has 0 unspecified atom stereocenters. The van der Waals surface area contributed by atoms with Crippen molar-refractivity contribution in [2.45, 2.75) is 12.8 Å². The summed E-state index contributed by atoms with van der Waals surface area (Å²) in [6, 6.07) is 54.7. The molecular weight excluding hydrogens is 615 g/mol. The molecule has 1 aliphatic rings. The fourth-order valence-corrected chi connectivity index (χ4v) is 8.83. The topological polar surface area (TPSA) is 16.4 Å². The summed E-state index contributed by atoms with van der Waals surface area (Å²) in [5, 5.41) is 7.29. The Hall–Kier alpha value is -5.90. The van der Waals surface area contributed by atoms with E-state index in [2.05, 4.69) is 169 Å². The quantitative estimate of drug-likeness (QED) is 0.185. The van der Waals surface area contributed by atoms with Crippen LogP contribution in [0.2, 0.25) is 0 Å². The number of thiophene rings is 1. The number of fused-ring (bicyclic) bond motifs is 7. The molecule has 0 N–H and O–H groups in total. The van der Waals surface area contributed by atoms with Gasteiger partial charge in [-0.05, 0) is 82.3 Å². The highest BCUT2D eigenvalue weighted by atomic mass is 32.1. The normalized spacial score (nSPS) is 13.4. The fourth-order valence-electron chi connectivity index (χ4n) is 7.62. The van der Waals surface area contributed by atoms with Crippen molar-refractivity contribution in [3.63, 3.8) is 0 Å². The Bertz CT molecular complexity index is 2770. The van der Waals surface area contributed by atoms with E-state index in [1.54, 1.807) is 0 Å². The summed E-state index contributed by atoms with van der Waals surface area (Å²) in [5.74, 6) is 0. The number of rotatable bonds is 5. The number of nitrogens with zero attached hydrogens (tertiary/aromatic N) is 1. The Morgan fingerprint density at radius 3 is 2.04 bits per heavy atom. The molecule has 0 amide bonds. The van der Waals surface area contributed by atoms with Crippen LogP contribution >= 0.6 is 11.3 Å². The maximum absolute atomic E-state index is 6.79. The predicted molar refractivity (Wildman–Crippen MR) is 210 cm³/mol. The fraction of sp³-hybridized carbons (Fsp3) is 0.0435. The van der Waals surface area contributed by atoms with E-state index >= 15 is 0 Å². The van der Waals surface area contributed by atoms with Gasteiger partial charge in [0.15, 0.2) is 0 Å². The Kier molecular flexibility index (Phi) is 6.53. The molecule has 10 rings (SSSR count). The molecule has 1 aliphatic carbocycles. The van der Waals surface area contributed by atoms with E-state index in [0.717, 1.165) is 40.5 Å². The van der Waals surface area contributed by atoms with Crippen LogP contribution < -0.4 is 4.90 Å². The molecule has 0 saturated carbocycles. The van der Waals surface area contributed by atoms with Gasteiger partial charge in [0.05, 0.1) is 16.1 Å². The summed E-state index contributed by atoms with van der Waals surface area (Å²) >= 11 is 1.87. The van der Waals surface area contributed by atoms with Crippen molar-refractivity contribution in [2.75, 3.05) is 4.90 Å². The summed E-state index contributed by atoms with van der Waals surface area (Å²) in [6.07, 6.45) is 6.54. The van der Waals surface area contributed by atoms with Gasteiger partial charge in [-0.1, -0.05) is 121 Å². The number of furan rings is 1. The molecule has 9 aromatic rings. The van der Waals surface area contributed by atoms with E-state index in [1.807, 2.05) is 11.3 Å². The number of anilines is 2. The van der Waals surface area contributed by atoms with Gasteiger partial charge in [0.2, 0.25) is 0 Å². The number of benzene rings is 7. The second-order valence-corrected chi connectivity index (χ2v) is 13.9. The summed E-state index contributed by atoms with van der Waals surface area (Å²) in [4.78, 5) is 2.49. The van der Waals surface area contributed by atoms with Crippen LogP contribution in [0.5, 0.6) is 0 Å². The van der Waals surface area contributed by atoms with E-state index < -0.39 is 0 Å². The lowest BCUT2D eigenvalue weighted by Crippen LogP contribution is -2.18. The van der Waals surface area contributed by atoms with Gasteiger partial charge in [-0.2, -0.15) is 0 Å². The number of allylic oxidation sites excluding steroid dienone is 4. The van der Waals surface area contributed by atoms with E-state index in [-0.39, 0.29) is 0 Å². The van der Waals surface area contributed by atoms with Crippen LogP contribution in [0.25, 0.3) is 69.6 Å². The minimum Gasteiger partial charge on any atom is -0.456 e. The van der Waals surface area contributed by atoms with Gasteiger partial charge in [-0.3, -0.25) is 0 Å². The average Bonchev–Trinajstić information content (AvgIpc) is 3.73. The molecule has 49 heavy (non-hydrogen) atoms. The third kappa shape index (κ3) is 4.69. The maximum atomic E-state index is 6.79. The van der Waals surface area contributed by atoms with Gasteiger partial charge in [0.1, 0.15) is 11.2 Å². The van der Waals surface area contributed by atoms with Crippen molar-refractivity contribution in [3.05, 3.63) is 175 Å². The molecule has 0 radical (unpaired) electrons. The Morgan fingerprint density at radius 2 is 1.24 bits per heavy atom. The third-order valence-corrected chi connectivity index (χ3v) is 11.2. The molecule has 232 valence electrons. The second-order valence-electron chi connectivity index (χ2n) is 12.8. The van der Waals surface area contributed by atoms with Gasteiger partial charge in [0.25, 0.3) is 0 Å². The van der Waals surface area contributed by atoms with Crippen molar-refractivity contribution in [1.29, 1.82) is 0 Å². The molecule has 7 aromatic carbocycles. The highest BCUT2D eigenvalue weighted by molar-refractivity contribution is 7.26. The lowest BCUT2D eigenvalue weighted by molar-refractivity contribution is 0.669. The van der Waals surface area contributed by atoms with Crippen molar-refractivity contribution in [3.8, 4) is 11.1 Å². The summed E-state index contributed by atoms with van der Waals surface area (Å²) < 4.78 is 9.39. The van der Waals surface area contributed by atoms with E-state index in [0.29, 0.717) is 0 Å². The van der Waals surface area contributed by atoms with E-state index in [9.17, 15) is 0 Å². The van der Waals surface area contributed by atoms with Crippen molar-refractivity contribution >= 4 is 81.2 Å². The minimum absolute atomic E-state index is 0.895. The molecule has 0 atom stereocenters. The number of hydrogen-bond donors (Lipinski definition) is 0. The summed E-state index contributed by atoms with van der Waals surface area (Å²) in [5.41, 5.74) is 10.4. The van der Waals surface area contributed by atoms with E-state index in [4.69, 9.17) is 4.42 Å². The van der Waals surface area contributed by atoms with Crippen LogP contribution in [0.3, 0.4) is 0 Å². The van der Waals surface area contributed by atoms with Crippen molar-refractivity contribution in [1.82, 2.24) is 0 Å². The highest BCUT2D eigenvalue weighted by Gasteiger charge is 2.24. The Balaban J connectivity index is 1.25. The van der Waals surface area contributed by atoms with Crippen LogP contribution in [-0.4, -0.2) is 0 Å². The molecule has 0 spiro atoms. The minimum atomic E-state index is 0.895. The van der Waals surface area contributed by atoms with Gasteiger partial charge >= 0.3 is 0 Å².